The highest BCUT2D eigenvalue weighted by atomic mass is 16.5. The molecule has 0 aromatic carbocycles. The summed E-state index contributed by atoms with van der Waals surface area (Å²) in [5.74, 6) is 0. The molecule has 2 rings (SSSR count). The van der Waals surface area contributed by atoms with E-state index < -0.39 is 0 Å². The Morgan fingerprint density at radius 1 is 1.55 bits per heavy atom. The van der Waals surface area contributed by atoms with Gasteiger partial charge in [-0.2, -0.15) is 0 Å². The highest BCUT2D eigenvalue weighted by Gasteiger charge is 2.28. The van der Waals surface area contributed by atoms with Crippen molar-refractivity contribution in [3.8, 4) is 0 Å². The highest BCUT2D eigenvalue weighted by Crippen LogP contribution is 2.29. The molecule has 0 aromatic rings. The number of fused-ring (bicyclic) bond motifs is 1. The minimum absolute atomic E-state index is 0.717. The molecule has 0 N–H and O–H groups in total. The van der Waals surface area contributed by atoms with Gasteiger partial charge in [-0.25, -0.2) is 0 Å². The number of nitrogens with zero attached hydrogens (tertiary/aromatic N) is 1. The molecule has 0 radical (unpaired) electrons. The van der Waals surface area contributed by atoms with E-state index in [-0.39, 0.29) is 0 Å². The molecule has 1 saturated heterocycles. The first kappa shape index (κ1) is 7.17. The van der Waals surface area contributed by atoms with E-state index in [2.05, 4.69) is 18.7 Å². The third kappa shape index (κ3) is 1.06. The monoisotopic (exact) mass is 153 g/mol. The van der Waals surface area contributed by atoms with Gasteiger partial charge < -0.3 is 9.64 Å². The molecule has 11 heavy (non-hydrogen) atoms. The minimum Gasteiger partial charge on any atom is -0.373 e. The highest BCUT2D eigenvalue weighted by molar-refractivity contribution is 5.20. The first-order valence-corrected chi connectivity index (χ1v) is 4.32. The topological polar surface area (TPSA) is 12.5 Å². The van der Waals surface area contributed by atoms with E-state index in [1.165, 1.54) is 17.7 Å². The molecule has 0 saturated carbocycles. The van der Waals surface area contributed by atoms with Crippen molar-refractivity contribution in [2.24, 2.45) is 0 Å². The molecule has 62 valence electrons. The predicted octanol–water partition coefficient (Wildman–Crippen LogP) is 1.38. The quantitative estimate of drug-likeness (QED) is 0.521. The summed E-state index contributed by atoms with van der Waals surface area (Å²) in [6.45, 7) is 7.35. The van der Waals surface area contributed by atoms with E-state index in [1.54, 1.807) is 0 Å². The normalized spacial score (nSPS) is 31.1. The van der Waals surface area contributed by atoms with E-state index in [4.69, 9.17) is 4.74 Å². The van der Waals surface area contributed by atoms with Gasteiger partial charge in [-0.15, -0.1) is 0 Å². The molecule has 1 unspecified atom stereocenters. The summed E-state index contributed by atoms with van der Waals surface area (Å²) in [6, 6.07) is 0.717. The summed E-state index contributed by atoms with van der Waals surface area (Å²) in [5, 5.41) is 0. The van der Waals surface area contributed by atoms with Crippen molar-refractivity contribution in [3.63, 3.8) is 0 Å². The number of hydrogen-bond donors (Lipinski definition) is 0. The van der Waals surface area contributed by atoms with Gasteiger partial charge in [-0.1, -0.05) is 0 Å². The van der Waals surface area contributed by atoms with E-state index >= 15 is 0 Å². The fourth-order valence-electron chi connectivity index (χ4n) is 2.08. The Labute approximate surface area is 67.8 Å². The van der Waals surface area contributed by atoms with Crippen molar-refractivity contribution < 1.29 is 4.74 Å². The predicted molar refractivity (Wildman–Crippen MR) is 44.3 cm³/mol. The number of ether oxygens (including phenoxy) is 1. The molecule has 0 bridgehead atoms. The van der Waals surface area contributed by atoms with Gasteiger partial charge in [-0.3, -0.25) is 0 Å². The van der Waals surface area contributed by atoms with Crippen LogP contribution in [0.25, 0.3) is 0 Å². The second kappa shape index (κ2) is 2.52. The van der Waals surface area contributed by atoms with Crippen LogP contribution in [0, 0.1) is 0 Å². The van der Waals surface area contributed by atoms with Crippen molar-refractivity contribution in [1.29, 1.82) is 0 Å². The van der Waals surface area contributed by atoms with Crippen LogP contribution >= 0.6 is 0 Å². The maximum atomic E-state index is 5.40. The number of morpholine rings is 1. The zero-order valence-corrected chi connectivity index (χ0v) is 7.26. The molecule has 0 amide bonds. The molecule has 0 aromatic heterocycles. The molecule has 0 aliphatic carbocycles. The Balaban J connectivity index is 2.21. The Morgan fingerprint density at radius 2 is 2.36 bits per heavy atom. The van der Waals surface area contributed by atoms with Crippen LogP contribution in [-0.2, 0) is 4.74 Å². The second-order valence-corrected chi connectivity index (χ2v) is 3.53. The lowest BCUT2D eigenvalue weighted by Gasteiger charge is -2.31. The van der Waals surface area contributed by atoms with Gasteiger partial charge in [-0.05, 0) is 25.8 Å². The third-order valence-corrected chi connectivity index (χ3v) is 2.69. The van der Waals surface area contributed by atoms with Crippen LogP contribution in [0.15, 0.2) is 11.3 Å². The van der Waals surface area contributed by atoms with Gasteiger partial charge in [0.1, 0.15) is 0 Å². The number of hydrogen-bond acceptors (Lipinski definition) is 2. The zero-order chi connectivity index (χ0) is 7.84. The van der Waals surface area contributed by atoms with Crippen molar-refractivity contribution in [3.05, 3.63) is 11.3 Å². The third-order valence-electron chi connectivity index (χ3n) is 2.69. The first-order chi connectivity index (χ1) is 5.29. The summed E-state index contributed by atoms with van der Waals surface area (Å²) in [5.41, 5.74) is 2.97. The molecular formula is C9H15NO. The summed E-state index contributed by atoms with van der Waals surface area (Å²) >= 11 is 0. The van der Waals surface area contributed by atoms with Crippen LogP contribution in [0.1, 0.15) is 20.3 Å². The zero-order valence-electron chi connectivity index (χ0n) is 7.26. The smallest absolute Gasteiger partial charge is 0.0864 e. The summed E-state index contributed by atoms with van der Waals surface area (Å²) in [6.07, 6.45) is 1.23. The number of rotatable bonds is 0. The van der Waals surface area contributed by atoms with Gasteiger partial charge in [0.25, 0.3) is 0 Å². The van der Waals surface area contributed by atoms with E-state index in [0.29, 0.717) is 6.04 Å². The van der Waals surface area contributed by atoms with Crippen LogP contribution in [0.4, 0.5) is 0 Å². The summed E-state index contributed by atoms with van der Waals surface area (Å²) in [7, 11) is 0. The summed E-state index contributed by atoms with van der Waals surface area (Å²) in [4.78, 5) is 2.48. The lowest BCUT2D eigenvalue weighted by Crippen LogP contribution is -2.36. The van der Waals surface area contributed by atoms with Crippen molar-refractivity contribution in [2.45, 2.75) is 26.3 Å². The molecule has 2 heteroatoms. The van der Waals surface area contributed by atoms with E-state index in [9.17, 15) is 0 Å². The van der Waals surface area contributed by atoms with Gasteiger partial charge in [0.15, 0.2) is 0 Å². The van der Waals surface area contributed by atoms with Gasteiger partial charge >= 0.3 is 0 Å². The lowest BCUT2D eigenvalue weighted by atomic mass is 10.2. The lowest BCUT2D eigenvalue weighted by molar-refractivity contribution is 0.0663. The molecule has 2 aliphatic rings. The van der Waals surface area contributed by atoms with Crippen LogP contribution in [0.3, 0.4) is 0 Å². The van der Waals surface area contributed by atoms with Crippen molar-refractivity contribution in [1.82, 2.24) is 4.90 Å². The average Bonchev–Trinajstić information content (AvgIpc) is 2.30. The molecule has 0 spiro atoms. The second-order valence-electron chi connectivity index (χ2n) is 3.53. The van der Waals surface area contributed by atoms with Gasteiger partial charge in [0.05, 0.1) is 13.2 Å². The van der Waals surface area contributed by atoms with Crippen LogP contribution < -0.4 is 0 Å². The molecule has 2 heterocycles. The standard InChI is InChI=1S/C9H15NO/c1-7-5-8(2)10-3-4-11-6-9(7)10/h8H,3-6H2,1-2H3. The Morgan fingerprint density at radius 3 is 3.09 bits per heavy atom. The maximum absolute atomic E-state index is 5.40. The average molecular weight is 153 g/mol. The Kier molecular flexibility index (Phi) is 1.64. The first-order valence-electron chi connectivity index (χ1n) is 4.32. The van der Waals surface area contributed by atoms with Gasteiger partial charge in [0.2, 0.25) is 0 Å². The van der Waals surface area contributed by atoms with Crippen LogP contribution in [0.5, 0.6) is 0 Å². The molecule has 1 atom stereocenters. The van der Waals surface area contributed by atoms with E-state index in [0.717, 1.165) is 19.8 Å². The summed E-state index contributed by atoms with van der Waals surface area (Å²) < 4.78 is 5.40. The fraction of sp³-hybridized carbons (Fsp3) is 0.778. The van der Waals surface area contributed by atoms with Crippen molar-refractivity contribution in [2.75, 3.05) is 19.8 Å². The SMILES string of the molecule is CC1=C2COCCN2C(C)C1. The van der Waals surface area contributed by atoms with E-state index in [1.807, 2.05) is 0 Å². The molecule has 2 nitrogen and oxygen atoms in total. The Bertz CT molecular complexity index is 198. The molecular weight excluding hydrogens is 138 g/mol. The fourth-order valence-corrected chi connectivity index (χ4v) is 2.08. The van der Waals surface area contributed by atoms with Gasteiger partial charge in [0, 0.05) is 18.3 Å². The molecule has 2 aliphatic heterocycles. The largest absolute Gasteiger partial charge is 0.373 e. The molecule has 1 fully saturated rings. The Hall–Kier alpha value is -0.500. The van der Waals surface area contributed by atoms with Crippen LogP contribution in [-0.4, -0.2) is 30.7 Å². The maximum Gasteiger partial charge on any atom is 0.0864 e. The minimum atomic E-state index is 0.717. The van der Waals surface area contributed by atoms with Crippen molar-refractivity contribution >= 4 is 0 Å². The van der Waals surface area contributed by atoms with Crippen LogP contribution in [0.2, 0.25) is 0 Å².